The van der Waals surface area contributed by atoms with Crippen LogP contribution >= 0.6 is 12.2 Å². The number of carbonyl (C=O) groups is 1. The Kier molecular flexibility index (Phi) is 3.79. The molecule has 0 atom stereocenters. The highest BCUT2D eigenvalue weighted by Gasteiger charge is 2.17. The highest BCUT2D eigenvalue weighted by Crippen LogP contribution is 2.08. The van der Waals surface area contributed by atoms with Crippen LogP contribution in [0.4, 0.5) is 0 Å². The van der Waals surface area contributed by atoms with Crippen molar-refractivity contribution in [2.24, 2.45) is 5.73 Å². The van der Waals surface area contributed by atoms with Gasteiger partial charge in [-0.2, -0.15) is 0 Å². The normalized spacial score (nSPS) is 10.0. The van der Waals surface area contributed by atoms with E-state index in [1.807, 2.05) is 0 Å². The summed E-state index contributed by atoms with van der Waals surface area (Å²) >= 11 is 4.73. The molecule has 0 radical (unpaired) electrons. The van der Waals surface area contributed by atoms with Gasteiger partial charge < -0.3 is 15.1 Å². The number of thiocarbonyl (C=S) groups is 1. The minimum absolute atomic E-state index is 0.207. The Morgan fingerprint density at radius 1 is 1.73 bits per heavy atom. The predicted molar refractivity (Wildman–Crippen MR) is 59.6 cm³/mol. The molecule has 6 heteroatoms. The van der Waals surface area contributed by atoms with Crippen molar-refractivity contribution in [2.45, 2.75) is 13.3 Å². The lowest BCUT2D eigenvalue weighted by atomic mass is 10.3. The summed E-state index contributed by atoms with van der Waals surface area (Å²) in [6.07, 6.45) is 1.76. The van der Waals surface area contributed by atoms with Gasteiger partial charge in [0.15, 0.2) is 6.39 Å². The van der Waals surface area contributed by atoms with Crippen molar-refractivity contribution in [1.82, 2.24) is 9.88 Å². The number of carbonyl (C=O) groups excluding carboxylic acids is 1. The molecule has 2 N–H and O–H groups in total. The van der Waals surface area contributed by atoms with Crippen LogP contribution in [0.5, 0.6) is 0 Å². The summed E-state index contributed by atoms with van der Waals surface area (Å²) in [5.41, 5.74) is 5.93. The zero-order valence-electron chi connectivity index (χ0n) is 8.69. The van der Waals surface area contributed by atoms with Gasteiger partial charge in [0.25, 0.3) is 5.91 Å². The SMILES string of the molecule is Cc1ncoc1C(=O)N(C)CCC(N)=S. The summed E-state index contributed by atoms with van der Waals surface area (Å²) < 4.78 is 4.99. The Bertz CT molecular complexity index is 375. The molecule has 5 nitrogen and oxygen atoms in total. The third-order valence-corrected chi connectivity index (χ3v) is 2.18. The number of rotatable bonds is 4. The molecule has 1 amide bonds. The molecule has 0 saturated carbocycles. The van der Waals surface area contributed by atoms with E-state index < -0.39 is 0 Å². The molecule has 0 aliphatic rings. The summed E-state index contributed by atoms with van der Waals surface area (Å²) in [7, 11) is 1.67. The monoisotopic (exact) mass is 227 g/mol. The number of hydrogen-bond donors (Lipinski definition) is 1. The van der Waals surface area contributed by atoms with Crippen LogP contribution < -0.4 is 5.73 Å². The molecular formula is C9H13N3O2S. The molecule has 0 saturated heterocycles. The molecular weight excluding hydrogens is 214 g/mol. The molecule has 1 aromatic rings. The van der Waals surface area contributed by atoms with E-state index >= 15 is 0 Å². The summed E-state index contributed by atoms with van der Waals surface area (Å²) in [5.74, 6) is 0.0571. The minimum atomic E-state index is -0.207. The third-order valence-electron chi connectivity index (χ3n) is 1.98. The zero-order valence-corrected chi connectivity index (χ0v) is 9.50. The lowest BCUT2D eigenvalue weighted by Gasteiger charge is -2.14. The van der Waals surface area contributed by atoms with Crippen molar-refractivity contribution in [3.05, 3.63) is 17.8 Å². The van der Waals surface area contributed by atoms with E-state index in [0.29, 0.717) is 23.6 Å². The third kappa shape index (κ3) is 3.02. The average molecular weight is 227 g/mol. The first-order chi connectivity index (χ1) is 7.02. The van der Waals surface area contributed by atoms with Crippen molar-refractivity contribution >= 4 is 23.1 Å². The zero-order chi connectivity index (χ0) is 11.4. The molecule has 0 fully saturated rings. The maximum Gasteiger partial charge on any atom is 0.291 e. The first kappa shape index (κ1) is 11.6. The molecule has 0 unspecified atom stereocenters. The van der Waals surface area contributed by atoms with E-state index in [-0.39, 0.29) is 11.7 Å². The Morgan fingerprint density at radius 3 is 2.87 bits per heavy atom. The van der Waals surface area contributed by atoms with Crippen LogP contribution in [-0.4, -0.2) is 34.4 Å². The molecule has 0 aromatic carbocycles. The summed E-state index contributed by atoms with van der Waals surface area (Å²) in [6, 6.07) is 0. The van der Waals surface area contributed by atoms with Gasteiger partial charge in [0.05, 0.1) is 10.7 Å². The van der Waals surface area contributed by atoms with E-state index in [1.165, 1.54) is 11.3 Å². The standard InChI is InChI=1S/C9H13N3O2S/c1-6-8(14-5-11-6)9(13)12(2)4-3-7(10)15/h5H,3-4H2,1-2H3,(H2,10,15). The van der Waals surface area contributed by atoms with Crippen LogP contribution in [-0.2, 0) is 0 Å². The van der Waals surface area contributed by atoms with Crippen LogP contribution in [0.1, 0.15) is 22.7 Å². The van der Waals surface area contributed by atoms with Crippen LogP contribution in [0.25, 0.3) is 0 Å². The lowest BCUT2D eigenvalue weighted by molar-refractivity contribution is 0.0766. The molecule has 0 bridgehead atoms. The highest BCUT2D eigenvalue weighted by atomic mass is 32.1. The Hall–Kier alpha value is -1.43. The fraction of sp³-hybridized carbons (Fsp3) is 0.444. The van der Waals surface area contributed by atoms with Crippen LogP contribution in [0.2, 0.25) is 0 Å². The molecule has 15 heavy (non-hydrogen) atoms. The smallest absolute Gasteiger partial charge is 0.291 e. The molecule has 0 spiro atoms. The Morgan fingerprint density at radius 2 is 2.40 bits per heavy atom. The van der Waals surface area contributed by atoms with E-state index in [0.717, 1.165) is 0 Å². The van der Waals surface area contributed by atoms with E-state index in [4.69, 9.17) is 22.4 Å². The second kappa shape index (κ2) is 4.88. The van der Waals surface area contributed by atoms with E-state index in [9.17, 15) is 4.79 Å². The van der Waals surface area contributed by atoms with Crippen molar-refractivity contribution in [3.63, 3.8) is 0 Å². The van der Waals surface area contributed by atoms with E-state index in [1.54, 1.807) is 14.0 Å². The van der Waals surface area contributed by atoms with Gasteiger partial charge in [-0.3, -0.25) is 4.79 Å². The quantitative estimate of drug-likeness (QED) is 0.768. The van der Waals surface area contributed by atoms with Crippen LogP contribution in [0, 0.1) is 6.92 Å². The number of nitrogens with two attached hydrogens (primary N) is 1. The number of hydrogen-bond acceptors (Lipinski definition) is 4. The maximum absolute atomic E-state index is 11.7. The van der Waals surface area contributed by atoms with Crippen LogP contribution in [0.3, 0.4) is 0 Å². The van der Waals surface area contributed by atoms with Crippen molar-refractivity contribution < 1.29 is 9.21 Å². The first-order valence-corrected chi connectivity index (χ1v) is 4.87. The molecule has 82 valence electrons. The Labute approximate surface area is 93.3 Å². The molecule has 1 heterocycles. The number of oxazole rings is 1. The van der Waals surface area contributed by atoms with Gasteiger partial charge in [-0.1, -0.05) is 12.2 Å². The molecule has 0 aliphatic carbocycles. The second-order valence-corrected chi connectivity index (χ2v) is 3.73. The van der Waals surface area contributed by atoms with Gasteiger partial charge in [-0.25, -0.2) is 4.98 Å². The lowest BCUT2D eigenvalue weighted by Crippen LogP contribution is -2.30. The van der Waals surface area contributed by atoms with Crippen molar-refractivity contribution in [2.75, 3.05) is 13.6 Å². The van der Waals surface area contributed by atoms with Gasteiger partial charge in [0, 0.05) is 20.0 Å². The number of aromatic nitrogens is 1. The first-order valence-electron chi connectivity index (χ1n) is 4.46. The fourth-order valence-electron chi connectivity index (χ4n) is 1.06. The van der Waals surface area contributed by atoms with Crippen LogP contribution in [0.15, 0.2) is 10.8 Å². The topological polar surface area (TPSA) is 72.4 Å². The number of amides is 1. The molecule has 1 rings (SSSR count). The fourth-order valence-corrected chi connectivity index (χ4v) is 1.15. The average Bonchev–Trinajstić information content (AvgIpc) is 2.59. The second-order valence-electron chi connectivity index (χ2n) is 3.21. The molecule has 1 aromatic heterocycles. The minimum Gasteiger partial charge on any atom is -0.438 e. The van der Waals surface area contributed by atoms with Crippen molar-refractivity contribution in [1.29, 1.82) is 0 Å². The van der Waals surface area contributed by atoms with Gasteiger partial charge in [0.1, 0.15) is 0 Å². The van der Waals surface area contributed by atoms with Gasteiger partial charge in [-0.15, -0.1) is 0 Å². The highest BCUT2D eigenvalue weighted by molar-refractivity contribution is 7.80. The van der Waals surface area contributed by atoms with Gasteiger partial charge in [0.2, 0.25) is 5.76 Å². The van der Waals surface area contributed by atoms with Gasteiger partial charge >= 0.3 is 0 Å². The van der Waals surface area contributed by atoms with E-state index in [2.05, 4.69) is 4.98 Å². The Balaban J connectivity index is 2.61. The van der Waals surface area contributed by atoms with Gasteiger partial charge in [-0.05, 0) is 6.92 Å². The largest absolute Gasteiger partial charge is 0.438 e. The number of nitrogens with zero attached hydrogens (tertiary/aromatic N) is 2. The molecule has 0 aliphatic heterocycles. The summed E-state index contributed by atoms with van der Waals surface area (Å²) in [6.45, 7) is 2.20. The van der Waals surface area contributed by atoms with Crippen molar-refractivity contribution in [3.8, 4) is 0 Å². The summed E-state index contributed by atoms with van der Waals surface area (Å²) in [5, 5.41) is 0. The predicted octanol–water partition coefficient (Wildman–Crippen LogP) is 0.731. The maximum atomic E-state index is 11.7. The number of aryl methyl sites for hydroxylation is 1. The summed E-state index contributed by atoms with van der Waals surface area (Å²) in [4.78, 5) is 17.5.